The molecule has 0 fully saturated rings. The highest BCUT2D eigenvalue weighted by molar-refractivity contribution is 6.33. The predicted octanol–water partition coefficient (Wildman–Crippen LogP) is 3.82. The molecular weight excluding hydrogens is 342 g/mol. The van der Waals surface area contributed by atoms with Gasteiger partial charge in [0, 0.05) is 12.3 Å². The highest BCUT2D eigenvalue weighted by atomic mass is 35.5. The average molecular weight is 358 g/mol. The Morgan fingerprint density at radius 3 is 2.56 bits per heavy atom. The molecule has 2 rings (SSSR count). The zero-order valence-corrected chi connectivity index (χ0v) is 14.4. The number of nitrogens with one attached hydrogen (secondary N) is 2. The number of ether oxygens (including phenoxy) is 2. The van der Waals surface area contributed by atoms with Crippen LogP contribution in [0.25, 0.3) is 0 Å². The van der Waals surface area contributed by atoms with Crippen molar-refractivity contribution in [2.45, 2.75) is 0 Å². The summed E-state index contributed by atoms with van der Waals surface area (Å²) in [6, 6.07) is 13.8. The van der Waals surface area contributed by atoms with E-state index in [1.54, 1.807) is 49.6 Å². The number of hydrogen-bond acceptors (Lipinski definition) is 5. The van der Waals surface area contributed by atoms with E-state index in [2.05, 4.69) is 10.6 Å². The molecule has 0 saturated carbocycles. The highest BCUT2D eigenvalue weighted by Gasteiger charge is 2.12. The molecule has 0 saturated heterocycles. The predicted molar refractivity (Wildman–Crippen MR) is 96.9 cm³/mol. The molecule has 0 atom stereocenters. The van der Waals surface area contributed by atoms with Crippen molar-refractivity contribution in [3.8, 4) is 17.6 Å². The van der Waals surface area contributed by atoms with E-state index in [4.69, 9.17) is 21.1 Å². The van der Waals surface area contributed by atoms with E-state index < -0.39 is 5.91 Å². The van der Waals surface area contributed by atoms with Crippen molar-refractivity contribution in [2.75, 3.05) is 24.9 Å². The van der Waals surface area contributed by atoms with Crippen molar-refractivity contribution >= 4 is 28.9 Å². The van der Waals surface area contributed by atoms with E-state index >= 15 is 0 Å². The van der Waals surface area contributed by atoms with Crippen LogP contribution in [0.3, 0.4) is 0 Å². The number of hydrogen-bond donors (Lipinski definition) is 2. The summed E-state index contributed by atoms with van der Waals surface area (Å²) < 4.78 is 10.4. The summed E-state index contributed by atoms with van der Waals surface area (Å²) in [4.78, 5) is 12.2. The van der Waals surface area contributed by atoms with Crippen molar-refractivity contribution in [2.24, 2.45) is 0 Å². The third-order valence-corrected chi connectivity index (χ3v) is 3.60. The van der Waals surface area contributed by atoms with Crippen LogP contribution in [-0.2, 0) is 4.79 Å². The van der Waals surface area contributed by atoms with Gasteiger partial charge in [-0.25, -0.2) is 0 Å². The Bertz CT molecular complexity index is 844. The first-order valence-electron chi connectivity index (χ1n) is 7.23. The van der Waals surface area contributed by atoms with Crippen LogP contribution in [-0.4, -0.2) is 20.1 Å². The standard InChI is InChI=1S/C18H16ClN3O3/c1-24-13-7-8-16(17(9-13)25-2)21-11-12(10-20)18(23)22-15-6-4-3-5-14(15)19/h3-9,11,21H,1-2H3,(H,22,23)/b12-11-. The summed E-state index contributed by atoms with van der Waals surface area (Å²) in [6.07, 6.45) is 1.30. The number of nitrogens with zero attached hydrogens (tertiary/aromatic N) is 1. The molecule has 0 aromatic heterocycles. The number of methoxy groups -OCH3 is 2. The van der Waals surface area contributed by atoms with E-state index in [1.165, 1.54) is 13.3 Å². The summed E-state index contributed by atoms with van der Waals surface area (Å²) in [7, 11) is 3.06. The Kier molecular flexibility index (Phi) is 6.26. The van der Waals surface area contributed by atoms with Crippen molar-refractivity contribution in [1.82, 2.24) is 0 Å². The molecule has 128 valence electrons. The first kappa shape index (κ1) is 18.2. The SMILES string of the molecule is COc1ccc(N/C=C(/C#N)C(=O)Nc2ccccc2Cl)c(OC)c1. The van der Waals surface area contributed by atoms with Gasteiger partial charge >= 0.3 is 0 Å². The second-order valence-electron chi connectivity index (χ2n) is 4.81. The number of carbonyl (C=O) groups excluding carboxylic acids is 1. The number of benzene rings is 2. The van der Waals surface area contributed by atoms with Gasteiger partial charge in [0.1, 0.15) is 23.1 Å². The van der Waals surface area contributed by atoms with Gasteiger partial charge in [0.15, 0.2) is 0 Å². The van der Waals surface area contributed by atoms with Crippen LogP contribution in [0.15, 0.2) is 54.2 Å². The van der Waals surface area contributed by atoms with Gasteiger partial charge in [-0.15, -0.1) is 0 Å². The van der Waals surface area contributed by atoms with Crippen LogP contribution in [0.1, 0.15) is 0 Å². The normalized spacial score (nSPS) is 10.6. The van der Waals surface area contributed by atoms with Crippen molar-refractivity contribution in [1.29, 1.82) is 5.26 Å². The van der Waals surface area contributed by atoms with Crippen LogP contribution in [0.5, 0.6) is 11.5 Å². The van der Waals surface area contributed by atoms with Crippen LogP contribution in [0.2, 0.25) is 5.02 Å². The lowest BCUT2D eigenvalue weighted by Crippen LogP contribution is -2.14. The van der Waals surface area contributed by atoms with Crippen molar-refractivity contribution in [3.63, 3.8) is 0 Å². The van der Waals surface area contributed by atoms with Gasteiger partial charge in [-0.3, -0.25) is 4.79 Å². The molecule has 0 heterocycles. The fourth-order valence-corrected chi connectivity index (χ4v) is 2.15. The van der Waals surface area contributed by atoms with E-state index in [1.807, 2.05) is 6.07 Å². The lowest BCUT2D eigenvalue weighted by atomic mass is 10.2. The average Bonchev–Trinajstić information content (AvgIpc) is 2.64. The Balaban J connectivity index is 2.16. The molecule has 2 aromatic rings. The van der Waals surface area contributed by atoms with Crippen LogP contribution < -0.4 is 20.1 Å². The zero-order chi connectivity index (χ0) is 18.2. The summed E-state index contributed by atoms with van der Waals surface area (Å²) in [5, 5.41) is 15.1. The smallest absolute Gasteiger partial charge is 0.267 e. The summed E-state index contributed by atoms with van der Waals surface area (Å²) >= 11 is 6.00. The number of nitriles is 1. The molecule has 25 heavy (non-hydrogen) atoms. The van der Waals surface area contributed by atoms with E-state index in [0.717, 1.165) is 0 Å². The molecule has 0 spiro atoms. The highest BCUT2D eigenvalue weighted by Crippen LogP contribution is 2.29. The maximum absolute atomic E-state index is 12.2. The Morgan fingerprint density at radius 1 is 1.16 bits per heavy atom. The summed E-state index contributed by atoms with van der Waals surface area (Å²) in [6.45, 7) is 0. The van der Waals surface area contributed by atoms with E-state index in [9.17, 15) is 10.1 Å². The number of carbonyl (C=O) groups is 1. The maximum atomic E-state index is 12.2. The Hall–Kier alpha value is -3.17. The number of para-hydroxylation sites is 1. The maximum Gasteiger partial charge on any atom is 0.267 e. The topological polar surface area (TPSA) is 83.4 Å². The van der Waals surface area contributed by atoms with Crippen molar-refractivity contribution in [3.05, 3.63) is 59.3 Å². The van der Waals surface area contributed by atoms with Gasteiger partial charge in [-0.2, -0.15) is 5.26 Å². The molecule has 0 aliphatic heterocycles. The Morgan fingerprint density at radius 2 is 1.92 bits per heavy atom. The molecule has 0 aliphatic rings. The molecule has 7 heteroatoms. The first-order valence-corrected chi connectivity index (χ1v) is 7.61. The fourth-order valence-electron chi connectivity index (χ4n) is 1.97. The van der Waals surface area contributed by atoms with E-state index in [0.29, 0.717) is 27.9 Å². The number of rotatable bonds is 6. The largest absolute Gasteiger partial charge is 0.497 e. The molecular formula is C18H16ClN3O3. The molecule has 1 amide bonds. The second kappa shape index (κ2) is 8.62. The molecule has 6 nitrogen and oxygen atoms in total. The van der Waals surface area contributed by atoms with Gasteiger partial charge in [-0.1, -0.05) is 23.7 Å². The first-order chi connectivity index (χ1) is 12.1. The van der Waals surface area contributed by atoms with Crippen LogP contribution in [0.4, 0.5) is 11.4 Å². The molecule has 0 unspecified atom stereocenters. The number of anilines is 2. The number of amides is 1. The van der Waals surface area contributed by atoms with Gasteiger partial charge in [0.05, 0.1) is 30.6 Å². The van der Waals surface area contributed by atoms with Gasteiger partial charge in [0.2, 0.25) is 0 Å². The second-order valence-corrected chi connectivity index (χ2v) is 5.22. The minimum Gasteiger partial charge on any atom is -0.497 e. The van der Waals surface area contributed by atoms with Crippen LogP contribution in [0, 0.1) is 11.3 Å². The fraction of sp³-hybridized carbons (Fsp3) is 0.111. The lowest BCUT2D eigenvalue weighted by Gasteiger charge is -2.10. The van der Waals surface area contributed by atoms with Crippen LogP contribution >= 0.6 is 11.6 Å². The van der Waals surface area contributed by atoms with Gasteiger partial charge < -0.3 is 20.1 Å². The lowest BCUT2D eigenvalue weighted by molar-refractivity contribution is -0.112. The third kappa shape index (κ3) is 4.66. The van der Waals surface area contributed by atoms with Gasteiger partial charge in [-0.05, 0) is 24.3 Å². The summed E-state index contributed by atoms with van der Waals surface area (Å²) in [5.74, 6) is 0.568. The quantitative estimate of drug-likeness (QED) is 0.606. The minimum absolute atomic E-state index is 0.113. The number of halogens is 1. The third-order valence-electron chi connectivity index (χ3n) is 3.27. The van der Waals surface area contributed by atoms with E-state index in [-0.39, 0.29) is 5.57 Å². The molecule has 0 radical (unpaired) electrons. The zero-order valence-electron chi connectivity index (χ0n) is 13.7. The summed E-state index contributed by atoms with van der Waals surface area (Å²) in [5.41, 5.74) is 0.900. The monoisotopic (exact) mass is 357 g/mol. The minimum atomic E-state index is -0.574. The van der Waals surface area contributed by atoms with Crippen molar-refractivity contribution < 1.29 is 14.3 Å². The molecule has 0 bridgehead atoms. The Labute approximate surface area is 150 Å². The molecule has 2 N–H and O–H groups in total. The molecule has 2 aromatic carbocycles. The molecule has 0 aliphatic carbocycles. The van der Waals surface area contributed by atoms with Gasteiger partial charge in [0.25, 0.3) is 5.91 Å².